The Morgan fingerprint density at radius 1 is 0.743 bits per heavy atom. The number of hydrogen-bond acceptors (Lipinski definition) is 5. The number of halogens is 10. The molecule has 192 valence electrons. The van der Waals surface area contributed by atoms with Crippen LogP contribution in [0.25, 0.3) is 11.0 Å². The van der Waals surface area contributed by atoms with E-state index in [9.17, 15) is 57.3 Å². The fourth-order valence-corrected chi connectivity index (χ4v) is 4.95. The molecule has 0 aliphatic carbocycles. The maximum Gasteiger partial charge on any atom is 0.460 e. The quantitative estimate of drug-likeness (QED) is 0.183. The molecule has 2 aromatic carbocycles. The fourth-order valence-electron chi connectivity index (χ4n) is 2.21. The lowest BCUT2D eigenvalue weighted by Crippen LogP contribution is -3.61. The summed E-state index contributed by atoms with van der Waals surface area (Å²) >= 11 is -0.218. The smallest absolute Gasteiger partial charge is 0.460 e. The molecule has 1 aromatic heterocycles. The number of fused-ring (bicyclic) bond motifs is 1. The van der Waals surface area contributed by atoms with Crippen molar-refractivity contribution in [2.75, 3.05) is 0 Å². The van der Waals surface area contributed by atoms with Crippen LogP contribution in [-0.2, 0) is 10.1 Å². The molecule has 3 rings (SSSR count). The highest BCUT2D eigenvalue weighted by Gasteiger charge is 2.83. The lowest BCUT2D eigenvalue weighted by atomic mass is 10.1. The molecule has 0 saturated carbocycles. The summed E-state index contributed by atoms with van der Waals surface area (Å²) in [4.78, 5) is 11.2. The molecule has 0 fully saturated rings. The predicted octanol–water partition coefficient (Wildman–Crippen LogP) is 1.88. The molecule has 1 heterocycles. The average Bonchev–Trinajstić information content (AvgIpc) is 2.73. The molecule has 0 amide bonds. The standard InChI is InChI=1S/C15H10IO2.C4HF9O3S/c17-15-9-7-11-6-8-13(10-14(11)18-15)16-12-4-2-1-3-5-12;5-1(6,3(9,10)11)2(7,8)4(12,13)17(14,15)16/h1-10H;(H,14,15,16)/q+1;/p-1. The largest absolute Gasteiger partial charge is 0.743 e. The van der Waals surface area contributed by atoms with E-state index < -0.39 is 33.4 Å². The third kappa shape index (κ3) is 6.08. The van der Waals surface area contributed by atoms with Crippen LogP contribution >= 0.6 is 0 Å². The Balaban J connectivity index is 0.000000248. The molecule has 5 nitrogen and oxygen atoms in total. The van der Waals surface area contributed by atoms with Crippen LogP contribution in [0.15, 0.2) is 69.9 Å². The van der Waals surface area contributed by atoms with Gasteiger partial charge in [-0.3, -0.25) is 0 Å². The first-order valence-electron chi connectivity index (χ1n) is 8.70. The molecule has 0 aliphatic rings. The molecular weight excluding hydrogens is 638 g/mol. The summed E-state index contributed by atoms with van der Waals surface area (Å²) in [6.07, 6.45) is -7.16. The van der Waals surface area contributed by atoms with E-state index in [0.29, 0.717) is 5.58 Å². The van der Waals surface area contributed by atoms with Crippen molar-refractivity contribution < 1.29 is 78.1 Å². The van der Waals surface area contributed by atoms with Gasteiger partial charge in [0.1, 0.15) is 5.58 Å². The van der Waals surface area contributed by atoms with Crippen molar-refractivity contribution in [2.45, 2.75) is 23.3 Å². The molecule has 0 aliphatic heterocycles. The summed E-state index contributed by atoms with van der Waals surface area (Å²) < 4.78 is 143. The van der Waals surface area contributed by atoms with Gasteiger partial charge in [-0.25, -0.2) is 13.2 Å². The average molecular weight is 648 g/mol. The molecule has 35 heavy (non-hydrogen) atoms. The summed E-state index contributed by atoms with van der Waals surface area (Å²) in [7, 11) is -7.42. The molecule has 0 radical (unpaired) electrons. The number of rotatable bonds is 5. The second kappa shape index (κ2) is 9.96. The van der Waals surface area contributed by atoms with Crippen LogP contribution in [0.2, 0.25) is 0 Å². The van der Waals surface area contributed by atoms with Gasteiger partial charge in [0.15, 0.2) is 17.3 Å². The van der Waals surface area contributed by atoms with Crippen molar-refractivity contribution in [1.82, 2.24) is 0 Å². The van der Waals surface area contributed by atoms with Crippen molar-refractivity contribution in [3.8, 4) is 0 Å². The minimum Gasteiger partial charge on any atom is -0.743 e. The summed E-state index contributed by atoms with van der Waals surface area (Å²) in [5, 5.41) is -6.14. The van der Waals surface area contributed by atoms with Crippen LogP contribution in [0.4, 0.5) is 39.5 Å². The fraction of sp³-hybridized carbons (Fsp3) is 0.211. The van der Waals surface area contributed by atoms with Crippen LogP contribution in [0, 0.1) is 7.14 Å². The second-order valence-corrected chi connectivity index (χ2v) is 10.9. The van der Waals surface area contributed by atoms with Crippen LogP contribution in [0.3, 0.4) is 0 Å². The summed E-state index contributed by atoms with van der Waals surface area (Å²) in [5.41, 5.74) is 0.383. The van der Waals surface area contributed by atoms with E-state index in [0.717, 1.165) is 5.39 Å². The van der Waals surface area contributed by atoms with Crippen molar-refractivity contribution in [2.24, 2.45) is 0 Å². The first-order valence-corrected chi connectivity index (χ1v) is 12.3. The van der Waals surface area contributed by atoms with Crippen LogP contribution in [-0.4, -0.2) is 36.2 Å². The van der Waals surface area contributed by atoms with E-state index in [1.54, 1.807) is 6.07 Å². The van der Waals surface area contributed by atoms with Gasteiger partial charge in [0.05, 0.1) is 0 Å². The van der Waals surface area contributed by atoms with Crippen molar-refractivity contribution in [3.05, 3.63) is 78.2 Å². The molecule has 0 unspecified atom stereocenters. The highest BCUT2D eigenvalue weighted by Crippen LogP contribution is 2.54. The Kier molecular flexibility index (Phi) is 8.22. The highest BCUT2D eigenvalue weighted by molar-refractivity contribution is 7.86. The predicted molar refractivity (Wildman–Crippen MR) is 96.9 cm³/mol. The van der Waals surface area contributed by atoms with Crippen LogP contribution in [0.5, 0.6) is 0 Å². The monoisotopic (exact) mass is 648 g/mol. The number of alkyl halides is 9. The van der Waals surface area contributed by atoms with E-state index in [1.807, 2.05) is 18.2 Å². The zero-order valence-electron chi connectivity index (χ0n) is 16.5. The minimum absolute atomic E-state index is 0.218. The van der Waals surface area contributed by atoms with Gasteiger partial charge in [-0.05, 0) is 30.3 Å². The van der Waals surface area contributed by atoms with Gasteiger partial charge in [-0.2, -0.15) is 39.5 Å². The summed E-state index contributed by atoms with van der Waals surface area (Å²) in [6, 6.07) is 19.8. The van der Waals surface area contributed by atoms with Crippen LogP contribution in [0.1, 0.15) is 0 Å². The lowest BCUT2D eigenvalue weighted by molar-refractivity contribution is -0.597. The molecule has 0 bridgehead atoms. The lowest BCUT2D eigenvalue weighted by Gasteiger charge is -2.34. The van der Waals surface area contributed by atoms with Gasteiger partial charge in [-0.1, -0.05) is 18.2 Å². The van der Waals surface area contributed by atoms with Gasteiger partial charge >= 0.3 is 50.1 Å². The normalized spacial score (nSPS) is 13.3. The zero-order chi connectivity index (χ0) is 26.9. The van der Waals surface area contributed by atoms with E-state index in [1.165, 1.54) is 13.2 Å². The van der Waals surface area contributed by atoms with Crippen molar-refractivity contribution in [1.29, 1.82) is 0 Å². The maximum absolute atomic E-state index is 12.2. The topological polar surface area (TPSA) is 87.4 Å². The number of hydrogen-bond donors (Lipinski definition) is 0. The Bertz CT molecular complexity index is 1340. The minimum atomic E-state index is -7.43. The van der Waals surface area contributed by atoms with E-state index >= 15 is 0 Å². The third-order valence-corrected chi connectivity index (χ3v) is 7.49. The Morgan fingerprint density at radius 2 is 1.29 bits per heavy atom. The Morgan fingerprint density at radius 3 is 1.80 bits per heavy atom. The molecule has 16 heteroatoms. The summed E-state index contributed by atoms with van der Waals surface area (Å²) in [6.45, 7) is 0. The molecule has 0 spiro atoms. The SMILES string of the molecule is O=S(=O)([O-])C(F)(F)C(F)(F)C(F)(F)C(F)(F)F.O=c1ccc2ccc([I+]c3ccccc3)cc2o1. The molecule has 0 saturated heterocycles. The van der Waals surface area contributed by atoms with Crippen LogP contribution < -0.4 is 26.8 Å². The maximum atomic E-state index is 12.2. The van der Waals surface area contributed by atoms with E-state index in [2.05, 4.69) is 30.3 Å². The molecule has 0 N–H and O–H groups in total. The third-order valence-electron chi connectivity index (χ3n) is 3.97. The van der Waals surface area contributed by atoms with Gasteiger partial charge in [-0.15, -0.1) is 0 Å². The van der Waals surface area contributed by atoms with E-state index in [4.69, 9.17) is 4.42 Å². The van der Waals surface area contributed by atoms with Gasteiger partial charge in [0.25, 0.3) is 0 Å². The van der Waals surface area contributed by atoms with Gasteiger partial charge in [0.2, 0.25) is 0 Å². The summed E-state index contributed by atoms with van der Waals surface area (Å²) in [5.74, 6) is -14.8. The first kappa shape index (κ1) is 28.9. The molecular formula is C19H10F9IO5S. The Labute approximate surface area is 200 Å². The first-order chi connectivity index (χ1) is 15.8. The molecule has 3 aromatic rings. The molecule has 0 atom stereocenters. The second-order valence-electron chi connectivity index (χ2n) is 6.44. The highest BCUT2D eigenvalue weighted by atomic mass is 127. The van der Waals surface area contributed by atoms with Crippen molar-refractivity contribution in [3.63, 3.8) is 0 Å². The van der Waals surface area contributed by atoms with Gasteiger partial charge in [0, 0.05) is 17.5 Å². The number of benzene rings is 2. The zero-order valence-corrected chi connectivity index (χ0v) is 19.5. The van der Waals surface area contributed by atoms with Gasteiger partial charge < -0.3 is 8.97 Å². The Hall–Kier alpha value is -2.34. The van der Waals surface area contributed by atoms with E-state index in [-0.39, 0.29) is 26.8 Å². The van der Waals surface area contributed by atoms with Crippen molar-refractivity contribution >= 4 is 21.1 Å².